The third-order valence-electron chi connectivity index (χ3n) is 3.49. The van der Waals surface area contributed by atoms with E-state index in [2.05, 4.69) is 10.6 Å². The smallest absolute Gasteiger partial charge is 0.238 e. The molecule has 1 aromatic carbocycles. The maximum absolute atomic E-state index is 13.1. The van der Waals surface area contributed by atoms with Gasteiger partial charge in [0.05, 0.1) is 13.1 Å². The van der Waals surface area contributed by atoms with Crippen LogP contribution in [-0.4, -0.2) is 67.9 Å². The van der Waals surface area contributed by atoms with Gasteiger partial charge in [-0.05, 0) is 19.2 Å². The van der Waals surface area contributed by atoms with Crippen molar-refractivity contribution in [3.63, 3.8) is 0 Å². The summed E-state index contributed by atoms with van der Waals surface area (Å²) >= 11 is 0. The Morgan fingerprint density at radius 1 is 1.22 bits per heavy atom. The van der Waals surface area contributed by atoms with Crippen molar-refractivity contribution in [2.45, 2.75) is 0 Å². The Hall–Kier alpha value is -2.06. The Bertz CT molecular complexity index is 577. The normalized spacial score (nSPS) is 14.9. The van der Waals surface area contributed by atoms with Crippen molar-refractivity contribution < 1.29 is 18.4 Å². The third kappa shape index (κ3) is 5.26. The number of amides is 2. The number of nitrogens with one attached hydrogen (secondary N) is 2. The number of nitrogens with zero attached hydrogens (tertiary/aromatic N) is 2. The number of hydrogen-bond acceptors (Lipinski definition) is 4. The topological polar surface area (TPSA) is 64.7 Å². The van der Waals surface area contributed by atoms with Crippen molar-refractivity contribution in [1.29, 1.82) is 0 Å². The minimum atomic E-state index is -1.02. The highest BCUT2D eigenvalue weighted by Gasteiger charge is 2.18. The van der Waals surface area contributed by atoms with Gasteiger partial charge in [-0.2, -0.15) is 0 Å². The van der Waals surface area contributed by atoms with E-state index in [1.807, 2.05) is 0 Å². The number of halogens is 2. The van der Waals surface area contributed by atoms with Crippen molar-refractivity contribution in [2.75, 3.05) is 51.6 Å². The Balaban J connectivity index is 1.79. The zero-order valence-corrected chi connectivity index (χ0v) is 12.9. The van der Waals surface area contributed by atoms with Crippen LogP contribution in [0, 0.1) is 11.6 Å². The van der Waals surface area contributed by atoms with Gasteiger partial charge in [-0.3, -0.25) is 14.5 Å². The van der Waals surface area contributed by atoms with E-state index in [0.717, 1.165) is 25.2 Å². The molecule has 6 nitrogen and oxygen atoms in total. The fraction of sp³-hybridized carbons (Fsp3) is 0.467. The first-order valence-corrected chi connectivity index (χ1v) is 7.37. The fourth-order valence-electron chi connectivity index (χ4n) is 2.32. The van der Waals surface area contributed by atoms with Gasteiger partial charge in [0.25, 0.3) is 0 Å². The van der Waals surface area contributed by atoms with Crippen molar-refractivity contribution in [2.24, 2.45) is 0 Å². The molecule has 1 aliphatic heterocycles. The summed E-state index contributed by atoms with van der Waals surface area (Å²) in [7, 11) is 1.66. The Kier molecular flexibility index (Phi) is 6.00. The predicted molar refractivity (Wildman–Crippen MR) is 81.9 cm³/mol. The van der Waals surface area contributed by atoms with E-state index in [0.29, 0.717) is 13.1 Å². The zero-order valence-electron chi connectivity index (χ0n) is 12.9. The molecule has 1 aromatic rings. The molecule has 0 aliphatic carbocycles. The maximum atomic E-state index is 13.1. The SMILES string of the molecule is CN(CC(=O)Nc1ccc(F)c(F)c1)CC(=O)N1CCNCC1. The van der Waals surface area contributed by atoms with E-state index >= 15 is 0 Å². The van der Waals surface area contributed by atoms with Crippen molar-refractivity contribution in [1.82, 2.24) is 15.1 Å². The molecule has 0 saturated carbocycles. The third-order valence-corrected chi connectivity index (χ3v) is 3.49. The van der Waals surface area contributed by atoms with Crippen molar-refractivity contribution >= 4 is 17.5 Å². The van der Waals surface area contributed by atoms with Crippen LogP contribution in [0.5, 0.6) is 0 Å². The van der Waals surface area contributed by atoms with Crippen LogP contribution in [0.2, 0.25) is 0 Å². The Morgan fingerprint density at radius 3 is 2.57 bits per heavy atom. The van der Waals surface area contributed by atoms with Crippen LogP contribution in [0.4, 0.5) is 14.5 Å². The monoisotopic (exact) mass is 326 g/mol. The van der Waals surface area contributed by atoms with Gasteiger partial charge in [0.15, 0.2) is 11.6 Å². The van der Waals surface area contributed by atoms with Crippen molar-refractivity contribution in [3.05, 3.63) is 29.8 Å². The lowest BCUT2D eigenvalue weighted by molar-refractivity contribution is -0.133. The number of piperazine rings is 1. The van der Waals surface area contributed by atoms with E-state index in [9.17, 15) is 18.4 Å². The number of likely N-dealkylation sites (N-methyl/N-ethyl adjacent to an activating group) is 1. The van der Waals surface area contributed by atoms with Crippen LogP contribution in [0.25, 0.3) is 0 Å². The quantitative estimate of drug-likeness (QED) is 0.815. The molecule has 1 heterocycles. The zero-order chi connectivity index (χ0) is 16.8. The lowest BCUT2D eigenvalue weighted by atomic mass is 10.3. The molecule has 0 aromatic heterocycles. The number of anilines is 1. The number of benzene rings is 1. The van der Waals surface area contributed by atoms with Gasteiger partial charge in [-0.15, -0.1) is 0 Å². The van der Waals surface area contributed by atoms with E-state index in [-0.39, 0.29) is 24.7 Å². The molecule has 126 valence electrons. The summed E-state index contributed by atoms with van der Waals surface area (Å²) in [6.07, 6.45) is 0. The van der Waals surface area contributed by atoms with Crippen LogP contribution in [-0.2, 0) is 9.59 Å². The van der Waals surface area contributed by atoms with Gasteiger partial charge in [0.1, 0.15) is 0 Å². The van der Waals surface area contributed by atoms with E-state index in [1.54, 1.807) is 16.8 Å². The summed E-state index contributed by atoms with van der Waals surface area (Å²) < 4.78 is 25.9. The molecule has 1 aliphatic rings. The van der Waals surface area contributed by atoms with E-state index in [1.165, 1.54) is 6.07 Å². The molecule has 0 radical (unpaired) electrons. The molecule has 0 atom stereocenters. The summed E-state index contributed by atoms with van der Waals surface area (Å²) in [6, 6.07) is 3.14. The second-order valence-electron chi connectivity index (χ2n) is 5.48. The first-order valence-electron chi connectivity index (χ1n) is 7.37. The van der Waals surface area contributed by atoms with Gasteiger partial charge in [-0.1, -0.05) is 0 Å². The number of hydrogen-bond donors (Lipinski definition) is 2. The number of rotatable bonds is 5. The van der Waals surface area contributed by atoms with Gasteiger partial charge >= 0.3 is 0 Å². The highest BCUT2D eigenvalue weighted by atomic mass is 19.2. The van der Waals surface area contributed by atoms with Gasteiger partial charge in [0.2, 0.25) is 11.8 Å². The van der Waals surface area contributed by atoms with Crippen LogP contribution < -0.4 is 10.6 Å². The van der Waals surface area contributed by atoms with Crippen LogP contribution in [0.1, 0.15) is 0 Å². The highest BCUT2D eigenvalue weighted by molar-refractivity contribution is 5.92. The largest absolute Gasteiger partial charge is 0.339 e. The van der Waals surface area contributed by atoms with Gasteiger partial charge < -0.3 is 15.5 Å². The first-order chi connectivity index (χ1) is 11.0. The average molecular weight is 326 g/mol. The molecule has 0 spiro atoms. The summed E-state index contributed by atoms with van der Waals surface area (Å²) in [5.74, 6) is -2.42. The minimum Gasteiger partial charge on any atom is -0.339 e. The van der Waals surface area contributed by atoms with E-state index < -0.39 is 17.5 Å². The number of carbonyl (C=O) groups excluding carboxylic acids is 2. The van der Waals surface area contributed by atoms with Crippen molar-refractivity contribution in [3.8, 4) is 0 Å². The maximum Gasteiger partial charge on any atom is 0.238 e. The molecule has 2 amide bonds. The standard InChI is InChI=1S/C15H20F2N4O2/c1-20(10-15(23)21-6-4-18-5-7-21)9-14(22)19-11-2-3-12(16)13(17)8-11/h2-3,8,18H,4-7,9-10H2,1H3,(H,19,22). The molecule has 23 heavy (non-hydrogen) atoms. The molecule has 1 saturated heterocycles. The molecular formula is C15H20F2N4O2. The van der Waals surface area contributed by atoms with Gasteiger partial charge in [-0.25, -0.2) is 8.78 Å². The Morgan fingerprint density at radius 2 is 1.91 bits per heavy atom. The van der Waals surface area contributed by atoms with Crippen LogP contribution in [0.3, 0.4) is 0 Å². The molecule has 0 bridgehead atoms. The molecule has 0 unspecified atom stereocenters. The predicted octanol–water partition coefficient (Wildman–Crippen LogP) is 0.267. The fourth-order valence-corrected chi connectivity index (χ4v) is 2.32. The summed E-state index contributed by atoms with van der Waals surface area (Å²) in [4.78, 5) is 27.3. The molecule has 2 N–H and O–H groups in total. The summed E-state index contributed by atoms with van der Waals surface area (Å²) in [5.41, 5.74) is 0.177. The first kappa shape index (κ1) is 17.3. The second-order valence-corrected chi connectivity index (χ2v) is 5.48. The lowest BCUT2D eigenvalue weighted by Crippen LogP contribution is -2.49. The molecule has 2 rings (SSSR count). The highest BCUT2D eigenvalue weighted by Crippen LogP contribution is 2.12. The number of carbonyl (C=O) groups is 2. The molecule has 8 heteroatoms. The lowest BCUT2D eigenvalue weighted by Gasteiger charge is -2.29. The Labute approximate surface area is 133 Å². The second kappa shape index (κ2) is 7.98. The summed E-state index contributed by atoms with van der Waals surface area (Å²) in [5, 5.41) is 5.63. The van der Waals surface area contributed by atoms with Crippen LogP contribution in [0.15, 0.2) is 18.2 Å². The van der Waals surface area contributed by atoms with Crippen LogP contribution >= 0.6 is 0 Å². The molecular weight excluding hydrogens is 306 g/mol. The molecule has 1 fully saturated rings. The average Bonchev–Trinajstić information content (AvgIpc) is 2.51. The summed E-state index contributed by atoms with van der Waals surface area (Å²) in [6.45, 7) is 2.97. The van der Waals surface area contributed by atoms with Gasteiger partial charge in [0, 0.05) is 37.9 Å². The minimum absolute atomic E-state index is 0.0170. The van der Waals surface area contributed by atoms with E-state index in [4.69, 9.17) is 0 Å².